The van der Waals surface area contributed by atoms with Crippen molar-refractivity contribution in [1.29, 1.82) is 0 Å². The van der Waals surface area contributed by atoms with Crippen molar-refractivity contribution in [1.82, 2.24) is 9.97 Å². The van der Waals surface area contributed by atoms with Crippen molar-refractivity contribution in [2.24, 2.45) is 0 Å². The second-order valence-electron chi connectivity index (χ2n) is 6.19. The van der Waals surface area contributed by atoms with Crippen molar-refractivity contribution in [2.45, 2.75) is 51.5 Å². The molecule has 0 unspecified atom stereocenters. The second-order valence-corrected chi connectivity index (χ2v) is 7.10. The molecule has 1 aromatic heterocycles. The molecule has 2 aromatic rings. The first kappa shape index (κ1) is 16.2. The predicted molar refractivity (Wildman–Crippen MR) is 99.3 cm³/mol. The molecular weight excluding hydrogens is 352 g/mol. The third kappa shape index (κ3) is 4.93. The van der Waals surface area contributed by atoms with Gasteiger partial charge < -0.3 is 10.6 Å². The first-order valence-electron chi connectivity index (χ1n) is 8.34. The first-order valence-corrected chi connectivity index (χ1v) is 9.13. The van der Waals surface area contributed by atoms with E-state index in [4.69, 9.17) is 0 Å². The van der Waals surface area contributed by atoms with Gasteiger partial charge in [0.05, 0.1) is 0 Å². The molecule has 23 heavy (non-hydrogen) atoms. The van der Waals surface area contributed by atoms with Crippen LogP contribution in [0.5, 0.6) is 0 Å². The summed E-state index contributed by atoms with van der Waals surface area (Å²) >= 11 is 3.49. The van der Waals surface area contributed by atoms with Crippen LogP contribution in [0.4, 0.5) is 17.5 Å². The molecular formula is C18H23BrN4. The van der Waals surface area contributed by atoms with Crippen molar-refractivity contribution in [3.05, 3.63) is 40.5 Å². The van der Waals surface area contributed by atoms with Gasteiger partial charge in [-0.05, 0) is 38.0 Å². The Labute approximate surface area is 146 Å². The zero-order chi connectivity index (χ0) is 16.1. The second kappa shape index (κ2) is 7.77. The summed E-state index contributed by atoms with van der Waals surface area (Å²) in [5.41, 5.74) is 1.98. The van der Waals surface area contributed by atoms with E-state index in [1.807, 2.05) is 37.3 Å². The SMILES string of the molecule is Cc1cc(Nc2cccc(Br)c2)nc(NC2CCCCCC2)n1. The molecule has 122 valence electrons. The summed E-state index contributed by atoms with van der Waals surface area (Å²) in [6.45, 7) is 2.01. The largest absolute Gasteiger partial charge is 0.351 e. The first-order chi connectivity index (χ1) is 11.2. The standard InChI is InChI=1S/C18H23BrN4/c1-13-11-17(21-16-10-6-7-14(19)12-16)23-18(20-13)22-15-8-4-2-3-5-9-15/h6-7,10-12,15H,2-5,8-9H2,1H3,(H2,20,21,22,23). The molecule has 0 saturated heterocycles. The highest BCUT2D eigenvalue weighted by molar-refractivity contribution is 9.10. The Kier molecular flexibility index (Phi) is 5.49. The van der Waals surface area contributed by atoms with E-state index in [9.17, 15) is 0 Å². The van der Waals surface area contributed by atoms with Gasteiger partial charge in [0, 0.05) is 28.0 Å². The lowest BCUT2D eigenvalue weighted by molar-refractivity contribution is 0.614. The average molecular weight is 375 g/mol. The molecule has 1 fully saturated rings. The topological polar surface area (TPSA) is 49.8 Å². The number of hydrogen-bond acceptors (Lipinski definition) is 4. The number of nitrogens with zero attached hydrogens (tertiary/aromatic N) is 2. The summed E-state index contributed by atoms with van der Waals surface area (Å²) < 4.78 is 1.05. The number of halogens is 1. The highest BCUT2D eigenvalue weighted by Crippen LogP contribution is 2.23. The van der Waals surface area contributed by atoms with Crippen LogP contribution in [0.2, 0.25) is 0 Å². The fourth-order valence-corrected chi connectivity index (χ4v) is 3.42. The molecule has 0 atom stereocenters. The molecule has 1 saturated carbocycles. The van der Waals surface area contributed by atoms with Crippen LogP contribution >= 0.6 is 15.9 Å². The van der Waals surface area contributed by atoms with Gasteiger partial charge in [0.25, 0.3) is 0 Å². The Morgan fingerprint density at radius 2 is 1.83 bits per heavy atom. The molecule has 0 radical (unpaired) electrons. The summed E-state index contributed by atoms with van der Waals surface area (Å²) in [6, 6.07) is 10.5. The summed E-state index contributed by atoms with van der Waals surface area (Å²) in [6.07, 6.45) is 7.72. The minimum atomic E-state index is 0.498. The van der Waals surface area contributed by atoms with Gasteiger partial charge in [-0.3, -0.25) is 0 Å². The molecule has 3 rings (SSSR count). The van der Waals surface area contributed by atoms with E-state index < -0.39 is 0 Å². The Bertz CT molecular complexity index is 651. The minimum absolute atomic E-state index is 0.498. The minimum Gasteiger partial charge on any atom is -0.351 e. The normalized spacial score (nSPS) is 15.9. The van der Waals surface area contributed by atoms with E-state index in [0.29, 0.717) is 6.04 Å². The van der Waals surface area contributed by atoms with Crippen LogP contribution in [-0.2, 0) is 0 Å². The number of benzene rings is 1. The van der Waals surface area contributed by atoms with Crippen LogP contribution in [0.15, 0.2) is 34.8 Å². The summed E-state index contributed by atoms with van der Waals surface area (Å²) in [5, 5.41) is 6.88. The van der Waals surface area contributed by atoms with Crippen LogP contribution in [0.1, 0.15) is 44.2 Å². The van der Waals surface area contributed by atoms with Crippen LogP contribution < -0.4 is 10.6 Å². The molecule has 0 aliphatic heterocycles. The van der Waals surface area contributed by atoms with Gasteiger partial charge in [-0.1, -0.05) is 47.7 Å². The maximum atomic E-state index is 4.63. The van der Waals surface area contributed by atoms with Gasteiger partial charge in [-0.2, -0.15) is 4.98 Å². The third-order valence-electron chi connectivity index (χ3n) is 4.14. The number of nitrogens with one attached hydrogen (secondary N) is 2. The Morgan fingerprint density at radius 1 is 1.04 bits per heavy atom. The number of aryl methyl sites for hydroxylation is 1. The van der Waals surface area contributed by atoms with Crippen molar-refractivity contribution in [2.75, 3.05) is 10.6 Å². The predicted octanol–water partition coefficient (Wildman–Crippen LogP) is 5.43. The molecule has 2 N–H and O–H groups in total. The number of hydrogen-bond donors (Lipinski definition) is 2. The smallest absolute Gasteiger partial charge is 0.225 e. The molecule has 5 heteroatoms. The molecule has 4 nitrogen and oxygen atoms in total. The van der Waals surface area contributed by atoms with Crippen LogP contribution in [0.25, 0.3) is 0 Å². The fraction of sp³-hybridized carbons (Fsp3) is 0.444. The van der Waals surface area contributed by atoms with Gasteiger partial charge in [0.15, 0.2) is 0 Å². The molecule has 0 amide bonds. The number of anilines is 3. The van der Waals surface area contributed by atoms with Crippen LogP contribution in [-0.4, -0.2) is 16.0 Å². The van der Waals surface area contributed by atoms with Crippen molar-refractivity contribution >= 4 is 33.4 Å². The highest BCUT2D eigenvalue weighted by atomic mass is 79.9. The Balaban J connectivity index is 1.73. The third-order valence-corrected chi connectivity index (χ3v) is 4.63. The van der Waals surface area contributed by atoms with E-state index in [1.165, 1.54) is 38.5 Å². The zero-order valence-corrected chi connectivity index (χ0v) is 15.1. The van der Waals surface area contributed by atoms with Gasteiger partial charge in [0.2, 0.25) is 5.95 Å². The molecule has 0 bridgehead atoms. The van der Waals surface area contributed by atoms with E-state index in [0.717, 1.165) is 27.6 Å². The van der Waals surface area contributed by atoms with Crippen LogP contribution in [0.3, 0.4) is 0 Å². The lowest BCUT2D eigenvalue weighted by atomic mass is 10.1. The Hall–Kier alpha value is -1.62. The van der Waals surface area contributed by atoms with Gasteiger partial charge in [-0.15, -0.1) is 0 Å². The average Bonchev–Trinajstić information content (AvgIpc) is 2.75. The monoisotopic (exact) mass is 374 g/mol. The lowest BCUT2D eigenvalue weighted by Gasteiger charge is -2.17. The van der Waals surface area contributed by atoms with E-state index >= 15 is 0 Å². The van der Waals surface area contributed by atoms with Gasteiger partial charge >= 0.3 is 0 Å². The summed E-state index contributed by atoms with van der Waals surface area (Å²) in [5.74, 6) is 1.56. The van der Waals surface area contributed by atoms with Gasteiger partial charge in [-0.25, -0.2) is 4.98 Å². The zero-order valence-electron chi connectivity index (χ0n) is 13.5. The Morgan fingerprint density at radius 3 is 2.57 bits per heavy atom. The van der Waals surface area contributed by atoms with Gasteiger partial charge in [0.1, 0.15) is 5.82 Å². The molecule has 1 aliphatic rings. The summed E-state index contributed by atoms with van der Waals surface area (Å²) in [4.78, 5) is 9.18. The maximum absolute atomic E-state index is 4.63. The maximum Gasteiger partial charge on any atom is 0.225 e. The lowest BCUT2D eigenvalue weighted by Crippen LogP contribution is -2.20. The molecule has 1 aliphatic carbocycles. The van der Waals surface area contributed by atoms with Crippen molar-refractivity contribution in [3.63, 3.8) is 0 Å². The quantitative estimate of drug-likeness (QED) is 0.700. The molecule has 1 heterocycles. The van der Waals surface area contributed by atoms with E-state index in [2.05, 4.69) is 36.5 Å². The van der Waals surface area contributed by atoms with E-state index in [1.54, 1.807) is 0 Å². The fourth-order valence-electron chi connectivity index (χ4n) is 3.02. The van der Waals surface area contributed by atoms with Crippen molar-refractivity contribution < 1.29 is 0 Å². The number of rotatable bonds is 4. The van der Waals surface area contributed by atoms with E-state index in [-0.39, 0.29) is 0 Å². The van der Waals surface area contributed by atoms with Crippen molar-refractivity contribution in [3.8, 4) is 0 Å². The summed E-state index contributed by atoms with van der Waals surface area (Å²) in [7, 11) is 0. The van der Waals surface area contributed by atoms with Crippen LogP contribution in [0, 0.1) is 6.92 Å². The number of aromatic nitrogens is 2. The molecule has 0 spiro atoms. The highest BCUT2D eigenvalue weighted by Gasteiger charge is 2.13. The molecule has 1 aromatic carbocycles.